The molecule has 0 saturated heterocycles. The smallest absolute Gasteiger partial charge is 0.119 e. The maximum absolute atomic E-state index is 5.84. The summed E-state index contributed by atoms with van der Waals surface area (Å²) in [7, 11) is 0.861. The first kappa shape index (κ1) is 18.0. The summed E-state index contributed by atoms with van der Waals surface area (Å²) in [5.74, 6) is 0.981. The number of benzene rings is 2. The molecule has 0 aliphatic rings. The fourth-order valence-corrected chi connectivity index (χ4v) is 3.15. The average Bonchev–Trinajstić information content (AvgIpc) is 2.61. The monoisotopic (exact) mass is 328 g/mol. The Balaban J connectivity index is 1.75. The highest BCUT2D eigenvalue weighted by molar-refractivity contribution is 7.46. The van der Waals surface area contributed by atoms with Crippen molar-refractivity contribution in [3.05, 3.63) is 48.5 Å². The minimum atomic E-state index is 0.831. The molecule has 124 valence electrons. The lowest BCUT2D eigenvalue weighted by molar-refractivity contribution is 0.304. The van der Waals surface area contributed by atoms with E-state index in [0.717, 1.165) is 27.4 Å². The Morgan fingerprint density at radius 1 is 0.739 bits per heavy atom. The number of rotatable bonds is 10. The molecule has 0 spiro atoms. The van der Waals surface area contributed by atoms with Crippen LogP contribution in [0.15, 0.2) is 48.5 Å². The van der Waals surface area contributed by atoms with Crippen LogP contribution >= 0.6 is 8.58 Å². The maximum Gasteiger partial charge on any atom is 0.119 e. The van der Waals surface area contributed by atoms with E-state index in [2.05, 4.69) is 62.1 Å². The fourth-order valence-electron chi connectivity index (χ4n) is 2.65. The van der Waals surface area contributed by atoms with Crippen LogP contribution in [0, 0.1) is 0 Å². The zero-order valence-electron chi connectivity index (χ0n) is 14.5. The maximum atomic E-state index is 5.84. The molecule has 2 rings (SSSR count). The van der Waals surface area contributed by atoms with Gasteiger partial charge in [0.25, 0.3) is 0 Å². The van der Waals surface area contributed by atoms with E-state index in [-0.39, 0.29) is 0 Å². The van der Waals surface area contributed by atoms with Gasteiger partial charge in [-0.1, -0.05) is 84.0 Å². The summed E-state index contributed by atoms with van der Waals surface area (Å²) < 4.78 is 5.84. The molecule has 0 aliphatic carbocycles. The van der Waals surface area contributed by atoms with Crippen molar-refractivity contribution in [2.45, 2.75) is 45.4 Å². The second-order valence-corrected chi connectivity index (χ2v) is 7.05. The Kier molecular flexibility index (Phi) is 8.18. The topological polar surface area (TPSA) is 9.23 Å². The second-order valence-electron chi connectivity index (χ2n) is 5.97. The molecule has 0 N–H and O–H groups in total. The Morgan fingerprint density at radius 3 is 1.91 bits per heavy atom. The van der Waals surface area contributed by atoms with E-state index < -0.39 is 0 Å². The molecule has 0 aromatic heterocycles. The van der Waals surface area contributed by atoms with Crippen LogP contribution in [0.1, 0.15) is 45.4 Å². The van der Waals surface area contributed by atoms with Gasteiger partial charge in [-0.2, -0.15) is 0 Å². The van der Waals surface area contributed by atoms with Crippen molar-refractivity contribution in [1.82, 2.24) is 0 Å². The summed E-state index contributed by atoms with van der Waals surface area (Å²) in [6, 6.07) is 17.3. The van der Waals surface area contributed by atoms with Gasteiger partial charge in [0.15, 0.2) is 0 Å². The highest BCUT2D eigenvalue weighted by atomic mass is 31.1. The predicted octanol–water partition coefficient (Wildman–Crippen LogP) is 6.03. The molecule has 0 radical (unpaired) electrons. The highest BCUT2D eigenvalue weighted by Gasteiger charge is 1.99. The number of ether oxygens (including phenoxy) is 1. The molecule has 0 fully saturated rings. The molecule has 0 bridgehead atoms. The molecule has 0 heterocycles. The van der Waals surface area contributed by atoms with E-state index in [1.807, 2.05) is 0 Å². The van der Waals surface area contributed by atoms with Crippen molar-refractivity contribution in [3.63, 3.8) is 0 Å². The average molecular weight is 328 g/mol. The van der Waals surface area contributed by atoms with Crippen molar-refractivity contribution >= 4 is 13.9 Å². The van der Waals surface area contributed by atoms with E-state index >= 15 is 0 Å². The molecule has 0 aliphatic heterocycles. The van der Waals surface area contributed by atoms with Gasteiger partial charge in [-0.05, 0) is 41.6 Å². The Labute approximate surface area is 143 Å². The normalized spacial score (nSPS) is 11.2. The SMILES string of the molecule is CCCCCCCCOc1ccc(-c2ccc(PC)cc2)cc1. The Hall–Kier alpha value is -1.33. The van der Waals surface area contributed by atoms with Gasteiger partial charge in [-0.25, -0.2) is 0 Å². The summed E-state index contributed by atoms with van der Waals surface area (Å²) in [6.45, 7) is 5.30. The summed E-state index contributed by atoms with van der Waals surface area (Å²) in [5.41, 5.74) is 2.53. The molecular formula is C21H29OP. The standard InChI is InChI=1S/C21H29OP/c1-3-4-5-6-7-8-17-22-20-13-9-18(10-14-20)19-11-15-21(23-2)16-12-19/h9-16,23H,3-8,17H2,1-2H3. The van der Waals surface area contributed by atoms with Crippen molar-refractivity contribution in [3.8, 4) is 16.9 Å². The third-order valence-corrected chi connectivity index (χ3v) is 5.04. The minimum Gasteiger partial charge on any atom is -0.494 e. The van der Waals surface area contributed by atoms with Crippen LogP contribution in [-0.4, -0.2) is 13.3 Å². The molecule has 2 aromatic rings. The third-order valence-electron chi connectivity index (χ3n) is 4.13. The molecule has 2 heteroatoms. The van der Waals surface area contributed by atoms with Gasteiger partial charge >= 0.3 is 0 Å². The van der Waals surface area contributed by atoms with E-state index in [0.29, 0.717) is 0 Å². The van der Waals surface area contributed by atoms with Gasteiger partial charge in [0.05, 0.1) is 6.61 Å². The fraction of sp³-hybridized carbons (Fsp3) is 0.429. The largest absolute Gasteiger partial charge is 0.494 e. The minimum absolute atomic E-state index is 0.831. The first-order valence-corrected chi connectivity index (χ1v) is 10.3. The predicted molar refractivity (Wildman–Crippen MR) is 105 cm³/mol. The Morgan fingerprint density at radius 2 is 1.30 bits per heavy atom. The van der Waals surface area contributed by atoms with Gasteiger partial charge in [-0.15, -0.1) is 0 Å². The number of unbranched alkanes of at least 4 members (excludes halogenated alkanes) is 5. The lowest BCUT2D eigenvalue weighted by Gasteiger charge is -2.08. The summed E-state index contributed by atoms with van der Waals surface area (Å²) in [4.78, 5) is 0. The lowest BCUT2D eigenvalue weighted by Crippen LogP contribution is -1.97. The summed E-state index contributed by atoms with van der Waals surface area (Å²) in [6.07, 6.45) is 7.81. The van der Waals surface area contributed by atoms with Crippen LogP contribution < -0.4 is 10.0 Å². The van der Waals surface area contributed by atoms with Crippen LogP contribution in [-0.2, 0) is 0 Å². The molecule has 1 atom stereocenters. The zero-order chi connectivity index (χ0) is 16.3. The van der Waals surface area contributed by atoms with Crippen molar-refractivity contribution in [1.29, 1.82) is 0 Å². The zero-order valence-corrected chi connectivity index (χ0v) is 15.5. The van der Waals surface area contributed by atoms with E-state index in [1.54, 1.807) is 0 Å². The second kappa shape index (κ2) is 10.4. The van der Waals surface area contributed by atoms with Crippen LogP contribution in [0.25, 0.3) is 11.1 Å². The quantitative estimate of drug-likeness (QED) is 0.382. The molecule has 0 amide bonds. The van der Waals surface area contributed by atoms with E-state index in [4.69, 9.17) is 4.74 Å². The summed E-state index contributed by atoms with van der Waals surface area (Å²) in [5, 5.41) is 1.41. The number of hydrogen-bond donors (Lipinski definition) is 0. The van der Waals surface area contributed by atoms with Crippen molar-refractivity contribution in [2.24, 2.45) is 0 Å². The summed E-state index contributed by atoms with van der Waals surface area (Å²) >= 11 is 0. The number of hydrogen-bond acceptors (Lipinski definition) is 1. The third kappa shape index (κ3) is 6.36. The van der Waals surface area contributed by atoms with Gasteiger partial charge in [0.1, 0.15) is 5.75 Å². The van der Waals surface area contributed by atoms with Crippen LogP contribution in [0.3, 0.4) is 0 Å². The van der Waals surface area contributed by atoms with Gasteiger partial charge in [0, 0.05) is 0 Å². The van der Waals surface area contributed by atoms with Crippen LogP contribution in [0.2, 0.25) is 0 Å². The van der Waals surface area contributed by atoms with Crippen molar-refractivity contribution in [2.75, 3.05) is 13.3 Å². The highest BCUT2D eigenvalue weighted by Crippen LogP contribution is 2.22. The van der Waals surface area contributed by atoms with Crippen LogP contribution in [0.5, 0.6) is 5.75 Å². The first-order valence-electron chi connectivity index (χ1n) is 8.84. The van der Waals surface area contributed by atoms with E-state index in [1.165, 1.54) is 48.5 Å². The van der Waals surface area contributed by atoms with Gasteiger partial charge in [0.2, 0.25) is 0 Å². The van der Waals surface area contributed by atoms with E-state index in [9.17, 15) is 0 Å². The first-order chi connectivity index (χ1) is 11.3. The molecule has 23 heavy (non-hydrogen) atoms. The Bertz CT molecular complexity index is 545. The van der Waals surface area contributed by atoms with Gasteiger partial charge < -0.3 is 4.74 Å². The molecule has 1 nitrogen and oxygen atoms in total. The van der Waals surface area contributed by atoms with Crippen molar-refractivity contribution < 1.29 is 4.74 Å². The molecule has 0 saturated carbocycles. The van der Waals surface area contributed by atoms with Gasteiger partial charge in [-0.3, -0.25) is 0 Å². The molecule has 2 aromatic carbocycles. The molecule has 1 unspecified atom stereocenters. The van der Waals surface area contributed by atoms with Crippen LogP contribution in [0.4, 0.5) is 0 Å². The lowest BCUT2D eigenvalue weighted by atomic mass is 10.1. The molecular weight excluding hydrogens is 299 g/mol.